The Morgan fingerprint density at radius 1 is 1.06 bits per heavy atom. The molecule has 0 bridgehead atoms. The first-order valence-corrected chi connectivity index (χ1v) is 6.08. The summed E-state index contributed by atoms with van der Waals surface area (Å²) in [6.07, 6.45) is 3.00. The van der Waals surface area contributed by atoms with Gasteiger partial charge >= 0.3 is 0 Å². The number of nitrogens with zero attached hydrogens (tertiary/aromatic N) is 1. The van der Waals surface area contributed by atoms with Crippen molar-refractivity contribution in [3.8, 4) is 11.5 Å². The van der Waals surface area contributed by atoms with E-state index in [4.69, 9.17) is 33.7 Å². The molecule has 0 fully saturated rings. The topological polar surface area (TPSA) is 48.1 Å². The van der Waals surface area contributed by atoms with Gasteiger partial charge in [0.1, 0.15) is 10.8 Å². The van der Waals surface area contributed by atoms with E-state index in [1.54, 1.807) is 0 Å². The lowest BCUT2D eigenvalue weighted by atomic mass is 10.1. The number of hydrogen-bond donors (Lipinski definition) is 1. The number of rotatable bonds is 2. The van der Waals surface area contributed by atoms with Crippen LogP contribution in [0.2, 0.25) is 10.0 Å². The second kappa shape index (κ2) is 5.04. The van der Waals surface area contributed by atoms with Crippen molar-refractivity contribution in [2.45, 2.75) is 13.8 Å². The summed E-state index contributed by atoms with van der Waals surface area (Å²) in [6, 6.07) is 3.66. The number of aryl methyl sites for hydroxylation is 2. The van der Waals surface area contributed by atoms with Gasteiger partial charge in [-0.3, -0.25) is 4.98 Å². The Morgan fingerprint density at radius 3 is 2.22 bits per heavy atom. The number of nitrogens with two attached hydrogens (primary N) is 1. The molecule has 0 unspecified atom stereocenters. The monoisotopic (exact) mass is 282 g/mol. The number of ether oxygens (including phenoxy) is 1. The predicted octanol–water partition coefficient (Wildman–Crippen LogP) is 4.38. The molecular formula is C13H12Cl2N2O. The Kier molecular flexibility index (Phi) is 3.64. The number of nitrogen functional groups attached to an aromatic ring is 1. The first kappa shape index (κ1) is 13.0. The van der Waals surface area contributed by atoms with Crippen molar-refractivity contribution in [2.24, 2.45) is 0 Å². The molecule has 2 rings (SSSR count). The summed E-state index contributed by atoms with van der Waals surface area (Å²) in [5.41, 5.74) is 8.05. The number of anilines is 1. The van der Waals surface area contributed by atoms with E-state index in [0.717, 1.165) is 11.1 Å². The second-order valence-electron chi connectivity index (χ2n) is 4.01. The standard InChI is InChI=1S/C13H12Cl2N2O/c1-7-3-9(14)4-8(2)12(7)18-13-10(15)5-17-6-11(13)16/h3-6H,16H2,1-2H3. The Morgan fingerprint density at radius 2 is 1.67 bits per heavy atom. The van der Waals surface area contributed by atoms with Crippen LogP contribution < -0.4 is 10.5 Å². The second-order valence-corrected chi connectivity index (χ2v) is 4.85. The fourth-order valence-electron chi connectivity index (χ4n) is 1.71. The Hall–Kier alpha value is -1.45. The minimum absolute atomic E-state index is 0.378. The molecule has 0 saturated heterocycles. The maximum atomic E-state index is 6.02. The molecule has 5 heteroatoms. The summed E-state index contributed by atoms with van der Waals surface area (Å²) in [4.78, 5) is 3.89. The molecule has 2 N–H and O–H groups in total. The number of halogens is 2. The van der Waals surface area contributed by atoms with Crippen LogP contribution in [-0.4, -0.2) is 4.98 Å². The van der Waals surface area contributed by atoms with Crippen molar-refractivity contribution in [3.05, 3.63) is 45.7 Å². The van der Waals surface area contributed by atoms with Crippen molar-refractivity contribution in [2.75, 3.05) is 5.73 Å². The highest BCUT2D eigenvalue weighted by Gasteiger charge is 2.12. The Balaban J connectivity index is 2.47. The molecule has 3 nitrogen and oxygen atoms in total. The molecule has 0 amide bonds. The van der Waals surface area contributed by atoms with E-state index in [9.17, 15) is 0 Å². The largest absolute Gasteiger partial charge is 0.453 e. The predicted molar refractivity (Wildman–Crippen MR) is 74.7 cm³/mol. The lowest BCUT2D eigenvalue weighted by molar-refractivity contribution is 0.477. The Labute approximate surface area is 115 Å². The molecule has 0 saturated carbocycles. The first-order chi connectivity index (χ1) is 8.49. The van der Waals surface area contributed by atoms with Gasteiger partial charge < -0.3 is 10.5 Å². The zero-order valence-electron chi connectivity index (χ0n) is 10.00. The van der Waals surface area contributed by atoms with Gasteiger partial charge in [0.15, 0.2) is 5.75 Å². The number of benzene rings is 1. The van der Waals surface area contributed by atoms with Gasteiger partial charge in [0.05, 0.1) is 11.9 Å². The van der Waals surface area contributed by atoms with Crippen LogP contribution in [0.3, 0.4) is 0 Å². The summed E-state index contributed by atoms with van der Waals surface area (Å²) in [5, 5.41) is 1.05. The maximum Gasteiger partial charge on any atom is 0.172 e. The molecule has 1 heterocycles. The van der Waals surface area contributed by atoms with E-state index in [0.29, 0.717) is 27.2 Å². The summed E-state index contributed by atoms with van der Waals surface area (Å²) in [6.45, 7) is 3.83. The third-order valence-electron chi connectivity index (χ3n) is 2.51. The molecule has 0 spiro atoms. The Bertz CT molecular complexity index is 556. The minimum atomic E-state index is 0.378. The van der Waals surface area contributed by atoms with Gasteiger partial charge in [-0.1, -0.05) is 23.2 Å². The highest BCUT2D eigenvalue weighted by atomic mass is 35.5. The SMILES string of the molecule is Cc1cc(Cl)cc(C)c1Oc1c(N)cncc1Cl. The van der Waals surface area contributed by atoms with E-state index in [2.05, 4.69) is 4.98 Å². The lowest BCUT2D eigenvalue weighted by Gasteiger charge is -2.14. The molecule has 2 aromatic rings. The summed E-state index contributed by atoms with van der Waals surface area (Å²) in [7, 11) is 0. The van der Waals surface area contributed by atoms with E-state index in [1.165, 1.54) is 12.4 Å². The molecule has 0 aliphatic rings. The van der Waals surface area contributed by atoms with Crippen molar-refractivity contribution < 1.29 is 4.74 Å². The van der Waals surface area contributed by atoms with Crippen LogP contribution >= 0.6 is 23.2 Å². The van der Waals surface area contributed by atoms with Crippen molar-refractivity contribution in [1.29, 1.82) is 0 Å². The van der Waals surface area contributed by atoms with Gasteiger partial charge in [-0.15, -0.1) is 0 Å². The third-order valence-corrected chi connectivity index (χ3v) is 3.00. The third kappa shape index (κ3) is 2.52. The smallest absolute Gasteiger partial charge is 0.172 e. The van der Waals surface area contributed by atoms with Crippen LogP contribution in [0.25, 0.3) is 0 Å². The average molecular weight is 283 g/mol. The lowest BCUT2D eigenvalue weighted by Crippen LogP contribution is -1.97. The zero-order valence-corrected chi connectivity index (χ0v) is 11.5. The van der Waals surface area contributed by atoms with E-state index < -0.39 is 0 Å². The molecule has 1 aromatic carbocycles. The quantitative estimate of drug-likeness (QED) is 0.889. The number of aromatic nitrogens is 1. The van der Waals surface area contributed by atoms with E-state index in [-0.39, 0.29) is 0 Å². The number of pyridine rings is 1. The van der Waals surface area contributed by atoms with Crippen LogP contribution in [0.5, 0.6) is 11.5 Å². The summed E-state index contributed by atoms with van der Waals surface area (Å²) >= 11 is 12.0. The first-order valence-electron chi connectivity index (χ1n) is 5.32. The highest BCUT2D eigenvalue weighted by Crippen LogP contribution is 2.37. The van der Waals surface area contributed by atoms with Crippen LogP contribution in [0.15, 0.2) is 24.5 Å². The van der Waals surface area contributed by atoms with E-state index in [1.807, 2.05) is 26.0 Å². The van der Waals surface area contributed by atoms with Gasteiger partial charge in [-0.25, -0.2) is 0 Å². The van der Waals surface area contributed by atoms with Crippen molar-refractivity contribution in [3.63, 3.8) is 0 Å². The normalized spacial score (nSPS) is 10.4. The number of hydrogen-bond acceptors (Lipinski definition) is 3. The molecule has 0 atom stereocenters. The fraction of sp³-hybridized carbons (Fsp3) is 0.154. The van der Waals surface area contributed by atoms with E-state index >= 15 is 0 Å². The highest BCUT2D eigenvalue weighted by molar-refractivity contribution is 6.32. The molecule has 0 aliphatic heterocycles. The molecule has 0 radical (unpaired) electrons. The van der Waals surface area contributed by atoms with Crippen LogP contribution in [0.1, 0.15) is 11.1 Å². The summed E-state index contributed by atoms with van der Waals surface area (Å²) < 4.78 is 5.80. The van der Waals surface area contributed by atoms with Crippen molar-refractivity contribution in [1.82, 2.24) is 4.98 Å². The van der Waals surface area contributed by atoms with Gasteiger partial charge in [0.25, 0.3) is 0 Å². The maximum absolute atomic E-state index is 6.02. The van der Waals surface area contributed by atoms with Gasteiger partial charge in [-0.05, 0) is 37.1 Å². The molecular weight excluding hydrogens is 271 g/mol. The molecule has 1 aromatic heterocycles. The molecule has 94 valence electrons. The average Bonchev–Trinajstić information content (AvgIpc) is 2.26. The van der Waals surface area contributed by atoms with Gasteiger partial charge in [-0.2, -0.15) is 0 Å². The van der Waals surface area contributed by atoms with Crippen molar-refractivity contribution >= 4 is 28.9 Å². The van der Waals surface area contributed by atoms with Gasteiger partial charge in [0.2, 0.25) is 0 Å². The molecule has 18 heavy (non-hydrogen) atoms. The van der Waals surface area contributed by atoms with Crippen LogP contribution in [0, 0.1) is 13.8 Å². The minimum Gasteiger partial charge on any atom is -0.453 e. The van der Waals surface area contributed by atoms with Gasteiger partial charge in [0, 0.05) is 11.2 Å². The van der Waals surface area contributed by atoms with Crippen LogP contribution in [0.4, 0.5) is 5.69 Å². The van der Waals surface area contributed by atoms with Crippen LogP contribution in [-0.2, 0) is 0 Å². The molecule has 0 aliphatic carbocycles. The zero-order chi connectivity index (χ0) is 13.3. The summed E-state index contributed by atoms with van der Waals surface area (Å²) in [5.74, 6) is 1.12. The fourth-order valence-corrected chi connectivity index (χ4v) is 2.24.